The van der Waals surface area contributed by atoms with Crippen molar-refractivity contribution in [3.05, 3.63) is 29.0 Å². The highest BCUT2D eigenvalue weighted by Gasteiger charge is 2.20. The van der Waals surface area contributed by atoms with Gasteiger partial charge in [-0.2, -0.15) is 0 Å². The lowest BCUT2D eigenvalue weighted by Crippen LogP contribution is -2.42. The van der Waals surface area contributed by atoms with E-state index in [2.05, 4.69) is 34.2 Å². The number of rotatable bonds is 5. The van der Waals surface area contributed by atoms with Crippen LogP contribution < -0.4 is 5.32 Å². The Labute approximate surface area is 168 Å². The molecule has 2 rings (SSSR count). The second kappa shape index (κ2) is 11.1. The van der Waals surface area contributed by atoms with Crippen LogP contribution in [-0.2, 0) is 6.42 Å². The van der Waals surface area contributed by atoms with Crippen LogP contribution >= 0.6 is 35.6 Å². The zero-order valence-electron chi connectivity index (χ0n) is 15.0. The van der Waals surface area contributed by atoms with E-state index in [0.29, 0.717) is 5.15 Å². The Balaban J connectivity index is 0.00000288. The van der Waals surface area contributed by atoms with Gasteiger partial charge in [0.25, 0.3) is 0 Å². The Hall–Kier alpha value is -0.560. The van der Waals surface area contributed by atoms with Gasteiger partial charge in [0, 0.05) is 33.4 Å². The van der Waals surface area contributed by atoms with Crippen molar-refractivity contribution in [3.8, 4) is 0 Å². The molecular weight excluding hydrogens is 435 g/mol. The summed E-state index contributed by atoms with van der Waals surface area (Å²) in [6.45, 7) is 4.31. The molecule has 0 aromatic carbocycles. The fourth-order valence-corrected chi connectivity index (χ4v) is 3.35. The molecule has 0 bridgehead atoms. The maximum atomic E-state index is 5.81. The molecule has 24 heavy (non-hydrogen) atoms. The van der Waals surface area contributed by atoms with Crippen molar-refractivity contribution in [3.63, 3.8) is 0 Å². The molecule has 1 saturated carbocycles. The van der Waals surface area contributed by atoms with Crippen molar-refractivity contribution in [2.24, 2.45) is 16.8 Å². The largest absolute Gasteiger partial charge is 0.356 e. The lowest BCUT2D eigenvalue weighted by molar-refractivity contribution is 0.250. The molecule has 0 amide bonds. The maximum Gasteiger partial charge on any atom is 0.193 e. The van der Waals surface area contributed by atoms with Gasteiger partial charge in [0.1, 0.15) is 5.15 Å². The number of guanidine groups is 1. The third-order valence-corrected chi connectivity index (χ3v) is 4.95. The highest BCUT2D eigenvalue weighted by molar-refractivity contribution is 14.0. The van der Waals surface area contributed by atoms with Crippen LogP contribution in [0.3, 0.4) is 0 Å². The zero-order chi connectivity index (χ0) is 16.7. The first-order valence-electron chi connectivity index (χ1n) is 8.60. The molecule has 6 heteroatoms. The van der Waals surface area contributed by atoms with Crippen molar-refractivity contribution in [1.82, 2.24) is 15.2 Å². The number of hydrogen-bond acceptors (Lipinski definition) is 2. The van der Waals surface area contributed by atoms with E-state index in [0.717, 1.165) is 37.3 Å². The summed E-state index contributed by atoms with van der Waals surface area (Å²) in [7, 11) is 3.99. The fraction of sp³-hybridized carbons (Fsp3) is 0.667. The first kappa shape index (κ1) is 21.5. The summed E-state index contributed by atoms with van der Waals surface area (Å²) < 4.78 is 0. The molecule has 0 aliphatic heterocycles. The topological polar surface area (TPSA) is 40.5 Å². The van der Waals surface area contributed by atoms with Gasteiger partial charge in [-0.05, 0) is 42.7 Å². The van der Waals surface area contributed by atoms with Crippen LogP contribution in [0.2, 0.25) is 5.15 Å². The maximum absolute atomic E-state index is 5.81. The minimum absolute atomic E-state index is 0. The predicted molar refractivity (Wildman–Crippen MR) is 113 cm³/mol. The molecule has 1 aromatic rings. The Morgan fingerprint density at radius 1 is 1.33 bits per heavy atom. The molecule has 1 aromatic heterocycles. The van der Waals surface area contributed by atoms with Gasteiger partial charge in [-0.15, -0.1) is 24.0 Å². The Morgan fingerprint density at radius 3 is 2.62 bits per heavy atom. The smallest absolute Gasteiger partial charge is 0.193 e. The summed E-state index contributed by atoms with van der Waals surface area (Å²) in [6.07, 6.45) is 8.18. The van der Waals surface area contributed by atoms with E-state index in [1.165, 1.54) is 31.2 Å². The van der Waals surface area contributed by atoms with Crippen LogP contribution in [0.5, 0.6) is 0 Å². The third-order valence-electron chi connectivity index (χ3n) is 4.73. The SMILES string of the molecule is CN=C(NCCc1ccc(Cl)nc1)N(C)CC1CCC(C)CC1.I. The molecule has 1 heterocycles. The van der Waals surface area contributed by atoms with E-state index in [1.807, 2.05) is 25.4 Å². The number of hydrogen-bond donors (Lipinski definition) is 1. The minimum atomic E-state index is 0. The molecule has 0 unspecified atom stereocenters. The monoisotopic (exact) mass is 464 g/mol. The van der Waals surface area contributed by atoms with E-state index >= 15 is 0 Å². The highest BCUT2D eigenvalue weighted by Crippen LogP contribution is 2.28. The van der Waals surface area contributed by atoms with E-state index in [-0.39, 0.29) is 24.0 Å². The Bertz CT molecular complexity index is 498. The van der Waals surface area contributed by atoms with Crippen LogP contribution in [0.15, 0.2) is 23.3 Å². The average molecular weight is 465 g/mol. The minimum Gasteiger partial charge on any atom is -0.356 e. The van der Waals surface area contributed by atoms with Gasteiger partial charge in [0.2, 0.25) is 0 Å². The quantitative estimate of drug-likeness (QED) is 0.307. The van der Waals surface area contributed by atoms with Crippen LogP contribution in [0.25, 0.3) is 0 Å². The zero-order valence-corrected chi connectivity index (χ0v) is 18.1. The Kier molecular flexibility index (Phi) is 9.96. The predicted octanol–water partition coefficient (Wildman–Crippen LogP) is 4.23. The molecule has 0 spiro atoms. The van der Waals surface area contributed by atoms with Gasteiger partial charge in [0.15, 0.2) is 5.96 Å². The molecule has 1 aliphatic rings. The molecule has 1 N–H and O–H groups in total. The van der Waals surface area contributed by atoms with Crippen LogP contribution in [0.1, 0.15) is 38.2 Å². The standard InChI is InChI=1S/C18H29ClN4.HI/c1-14-4-6-16(7-5-14)13-23(3)18(20-2)21-11-10-15-8-9-17(19)22-12-15;/h8-9,12,14,16H,4-7,10-11,13H2,1-3H3,(H,20,21);1H. The van der Waals surface area contributed by atoms with E-state index in [4.69, 9.17) is 11.6 Å². The number of halogens is 2. The van der Waals surface area contributed by atoms with Crippen LogP contribution in [0.4, 0.5) is 0 Å². The van der Waals surface area contributed by atoms with Crippen molar-refractivity contribution in [1.29, 1.82) is 0 Å². The van der Waals surface area contributed by atoms with Gasteiger partial charge >= 0.3 is 0 Å². The molecule has 136 valence electrons. The molecule has 4 nitrogen and oxygen atoms in total. The lowest BCUT2D eigenvalue weighted by atomic mass is 9.83. The lowest BCUT2D eigenvalue weighted by Gasteiger charge is -2.31. The molecule has 0 saturated heterocycles. The normalized spacial score (nSPS) is 21.1. The number of nitrogens with one attached hydrogen (secondary N) is 1. The average Bonchev–Trinajstić information content (AvgIpc) is 2.55. The molecular formula is C18H30ClIN4. The molecule has 1 aliphatic carbocycles. The number of aliphatic imine (C=N–C) groups is 1. The van der Waals surface area contributed by atoms with Gasteiger partial charge in [-0.3, -0.25) is 4.99 Å². The number of aromatic nitrogens is 1. The van der Waals surface area contributed by atoms with Gasteiger partial charge in [0.05, 0.1) is 0 Å². The second-order valence-corrected chi connectivity index (χ2v) is 7.11. The summed E-state index contributed by atoms with van der Waals surface area (Å²) in [6, 6.07) is 3.86. The first-order chi connectivity index (χ1) is 11.1. The first-order valence-corrected chi connectivity index (χ1v) is 8.98. The van der Waals surface area contributed by atoms with Crippen molar-refractivity contribution >= 4 is 41.5 Å². The van der Waals surface area contributed by atoms with Gasteiger partial charge < -0.3 is 10.2 Å². The van der Waals surface area contributed by atoms with Crippen molar-refractivity contribution in [2.45, 2.75) is 39.0 Å². The Morgan fingerprint density at radius 2 is 2.04 bits per heavy atom. The summed E-state index contributed by atoms with van der Waals surface area (Å²) in [4.78, 5) is 10.8. The fourth-order valence-electron chi connectivity index (χ4n) is 3.24. The van der Waals surface area contributed by atoms with Crippen molar-refractivity contribution < 1.29 is 0 Å². The third kappa shape index (κ3) is 7.13. The van der Waals surface area contributed by atoms with E-state index in [1.54, 1.807) is 0 Å². The van der Waals surface area contributed by atoms with Gasteiger partial charge in [-0.1, -0.05) is 37.4 Å². The van der Waals surface area contributed by atoms with E-state index in [9.17, 15) is 0 Å². The molecule has 0 atom stereocenters. The number of nitrogens with zero attached hydrogens (tertiary/aromatic N) is 3. The van der Waals surface area contributed by atoms with Gasteiger partial charge in [-0.25, -0.2) is 4.98 Å². The van der Waals surface area contributed by atoms with Crippen LogP contribution in [-0.4, -0.2) is 43.0 Å². The second-order valence-electron chi connectivity index (χ2n) is 6.72. The number of pyridine rings is 1. The summed E-state index contributed by atoms with van der Waals surface area (Å²) in [5.74, 6) is 2.68. The molecule has 1 fully saturated rings. The summed E-state index contributed by atoms with van der Waals surface area (Å²) >= 11 is 5.81. The van der Waals surface area contributed by atoms with Crippen molar-refractivity contribution in [2.75, 3.05) is 27.2 Å². The molecule has 0 radical (unpaired) electrons. The summed E-state index contributed by atoms with van der Waals surface area (Å²) in [5.41, 5.74) is 1.18. The summed E-state index contributed by atoms with van der Waals surface area (Å²) in [5, 5.41) is 3.99. The van der Waals surface area contributed by atoms with Crippen LogP contribution in [0, 0.1) is 11.8 Å². The van der Waals surface area contributed by atoms with E-state index < -0.39 is 0 Å². The highest BCUT2D eigenvalue weighted by atomic mass is 127.